The van der Waals surface area contributed by atoms with Crippen LogP contribution in [-0.4, -0.2) is 49.1 Å². The number of aromatic amines is 1. The van der Waals surface area contributed by atoms with Crippen LogP contribution in [0.25, 0.3) is 32.9 Å². The minimum Gasteiger partial charge on any atom is -0.488 e. The Morgan fingerprint density at radius 1 is 0.974 bits per heavy atom. The van der Waals surface area contributed by atoms with Crippen molar-refractivity contribution < 1.29 is 18.8 Å². The van der Waals surface area contributed by atoms with Crippen LogP contribution >= 0.6 is 0 Å². The van der Waals surface area contributed by atoms with Gasteiger partial charge >= 0.3 is 7.12 Å². The molecule has 1 atom stereocenters. The van der Waals surface area contributed by atoms with Crippen molar-refractivity contribution in [3.05, 3.63) is 53.9 Å². The van der Waals surface area contributed by atoms with E-state index < -0.39 is 0 Å². The van der Waals surface area contributed by atoms with Gasteiger partial charge in [0.1, 0.15) is 18.2 Å². The minimum atomic E-state index is -0.375. The van der Waals surface area contributed by atoms with Crippen molar-refractivity contribution in [1.29, 1.82) is 0 Å². The minimum absolute atomic E-state index is 0.316. The number of imidazole rings is 1. The highest BCUT2D eigenvalue weighted by atomic mass is 16.7. The SMILES string of the molecule is CC1(C)OB(c2ccc3c(c2)COc2cc4c(ccc5[nH]c([C@@H]6CCCN6)nc54)cc2-3)OC1(C)C.COC. The first-order valence-corrected chi connectivity index (χ1v) is 13.4. The van der Waals surface area contributed by atoms with Crippen LogP contribution in [0, 0.1) is 0 Å². The Bertz CT molecular complexity index is 1490. The summed E-state index contributed by atoms with van der Waals surface area (Å²) in [6.07, 6.45) is 2.32. The first kappa shape index (κ1) is 25.4. The summed E-state index contributed by atoms with van der Waals surface area (Å²) in [5.41, 5.74) is 5.87. The van der Waals surface area contributed by atoms with Crippen LogP contribution in [0.5, 0.6) is 5.75 Å². The zero-order valence-corrected chi connectivity index (χ0v) is 23.1. The average molecular weight is 513 g/mol. The summed E-state index contributed by atoms with van der Waals surface area (Å²) in [5.74, 6) is 1.94. The molecule has 1 aromatic heterocycles. The molecule has 4 aromatic rings. The van der Waals surface area contributed by atoms with Gasteiger partial charge in [0.05, 0.1) is 28.3 Å². The van der Waals surface area contributed by atoms with Gasteiger partial charge in [-0.2, -0.15) is 0 Å². The van der Waals surface area contributed by atoms with Gasteiger partial charge in [-0.1, -0.05) is 24.3 Å². The smallest absolute Gasteiger partial charge is 0.488 e. The molecule has 2 fully saturated rings. The Morgan fingerprint density at radius 2 is 1.74 bits per heavy atom. The van der Waals surface area contributed by atoms with E-state index in [1.807, 2.05) is 0 Å². The third kappa shape index (κ3) is 4.20. The number of aromatic nitrogens is 2. The van der Waals surface area contributed by atoms with Gasteiger partial charge < -0.3 is 29.1 Å². The molecule has 0 radical (unpaired) electrons. The van der Waals surface area contributed by atoms with Crippen molar-refractivity contribution in [3.63, 3.8) is 0 Å². The van der Waals surface area contributed by atoms with Gasteiger partial charge in [-0.05, 0) is 87.3 Å². The second-order valence-corrected chi connectivity index (χ2v) is 11.5. The maximum absolute atomic E-state index is 6.28. The molecule has 4 heterocycles. The van der Waals surface area contributed by atoms with Crippen molar-refractivity contribution in [2.45, 2.75) is 64.4 Å². The molecule has 3 aromatic carbocycles. The van der Waals surface area contributed by atoms with Crippen LogP contribution in [0.15, 0.2) is 42.5 Å². The Labute approximate surface area is 224 Å². The molecule has 7 nitrogen and oxygen atoms in total. The maximum Gasteiger partial charge on any atom is 0.494 e. The average Bonchev–Trinajstić information content (AvgIpc) is 3.61. The van der Waals surface area contributed by atoms with E-state index >= 15 is 0 Å². The van der Waals surface area contributed by atoms with Gasteiger partial charge in [-0.25, -0.2) is 4.98 Å². The lowest BCUT2D eigenvalue weighted by atomic mass is 9.77. The summed E-state index contributed by atoms with van der Waals surface area (Å²) in [6.45, 7) is 9.91. The molecule has 3 aliphatic heterocycles. The number of nitrogens with one attached hydrogen (secondary N) is 2. The van der Waals surface area contributed by atoms with Crippen molar-refractivity contribution in [1.82, 2.24) is 15.3 Å². The predicted octanol–water partition coefficient (Wildman–Crippen LogP) is 5.26. The standard InChI is InChI=1S/C28H30BN3O3.C2H6O/c1-27(2)28(3,4)35-29(34-27)18-8-9-19-17(12-18)15-33-24-14-20-16(13-21(19)24)7-10-22-25(20)32-26(31-22)23-6-5-11-30-23;1-3-2/h7-10,12-14,23,30H,5-6,11,15H2,1-4H3,(H,31,32);1-2H3/t23-;/m0./s1. The van der Waals surface area contributed by atoms with Crippen molar-refractivity contribution in [3.8, 4) is 16.9 Å². The molecule has 2 saturated heterocycles. The highest BCUT2D eigenvalue weighted by Gasteiger charge is 2.51. The fourth-order valence-electron chi connectivity index (χ4n) is 5.53. The largest absolute Gasteiger partial charge is 0.494 e. The molecular weight excluding hydrogens is 477 g/mol. The Kier molecular flexibility index (Phi) is 6.26. The van der Waals surface area contributed by atoms with Gasteiger partial charge in [0.2, 0.25) is 0 Å². The van der Waals surface area contributed by atoms with E-state index in [0.29, 0.717) is 12.6 Å². The lowest BCUT2D eigenvalue weighted by Crippen LogP contribution is -2.41. The number of rotatable bonds is 2. The van der Waals surface area contributed by atoms with Crippen molar-refractivity contribution in [2.24, 2.45) is 0 Å². The molecule has 0 saturated carbocycles. The monoisotopic (exact) mass is 513 g/mol. The summed E-state index contributed by atoms with van der Waals surface area (Å²) in [6, 6.07) is 15.5. The number of nitrogens with zero attached hydrogens (tertiary/aromatic N) is 1. The number of benzene rings is 3. The fourth-order valence-corrected chi connectivity index (χ4v) is 5.53. The van der Waals surface area contributed by atoms with E-state index in [-0.39, 0.29) is 18.3 Å². The normalized spacial score (nSPS) is 21.1. The summed E-state index contributed by atoms with van der Waals surface area (Å²) in [4.78, 5) is 8.53. The third-order valence-electron chi connectivity index (χ3n) is 8.30. The first-order chi connectivity index (χ1) is 18.2. The number of fused-ring (bicyclic) bond motifs is 6. The van der Waals surface area contributed by atoms with Gasteiger partial charge in [0.15, 0.2) is 0 Å². The van der Waals surface area contributed by atoms with Gasteiger partial charge in [0, 0.05) is 25.2 Å². The zero-order valence-electron chi connectivity index (χ0n) is 23.1. The molecular formula is C30H36BN3O4. The molecule has 38 heavy (non-hydrogen) atoms. The van der Waals surface area contributed by atoms with Crippen LogP contribution in [0.1, 0.15) is 58.0 Å². The second-order valence-electron chi connectivity index (χ2n) is 11.5. The van der Waals surface area contributed by atoms with Gasteiger partial charge in [-0.15, -0.1) is 0 Å². The number of ether oxygens (including phenoxy) is 2. The number of methoxy groups -OCH3 is 1. The zero-order chi connectivity index (χ0) is 26.7. The van der Waals surface area contributed by atoms with Gasteiger partial charge in [0.25, 0.3) is 0 Å². The fraction of sp³-hybridized carbons (Fsp3) is 0.433. The van der Waals surface area contributed by atoms with Crippen LogP contribution in [0.3, 0.4) is 0 Å². The lowest BCUT2D eigenvalue weighted by molar-refractivity contribution is 0.00578. The molecule has 0 aliphatic carbocycles. The number of hydrogen-bond acceptors (Lipinski definition) is 6. The summed E-state index contributed by atoms with van der Waals surface area (Å²) in [7, 11) is 2.87. The van der Waals surface area contributed by atoms with Crippen molar-refractivity contribution in [2.75, 3.05) is 20.8 Å². The highest BCUT2D eigenvalue weighted by Crippen LogP contribution is 2.42. The quantitative estimate of drug-likeness (QED) is 0.356. The Hall–Kier alpha value is -2.91. The summed E-state index contributed by atoms with van der Waals surface area (Å²) >= 11 is 0. The molecule has 8 heteroatoms. The molecule has 198 valence electrons. The van der Waals surface area contributed by atoms with Crippen LogP contribution in [0.4, 0.5) is 0 Å². The molecule has 0 unspecified atom stereocenters. The summed E-state index contributed by atoms with van der Waals surface area (Å²) in [5, 5.41) is 5.83. The van der Waals surface area contributed by atoms with E-state index in [2.05, 4.69) is 85.2 Å². The Balaban J connectivity index is 0.000000843. The van der Waals surface area contributed by atoms with E-state index in [9.17, 15) is 0 Å². The van der Waals surface area contributed by atoms with Crippen LogP contribution < -0.4 is 15.5 Å². The van der Waals surface area contributed by atoms with E-state index in [1.54, 1.807) is 14.2 Å². The van der Waals surface area contributed by atoms with Crippen molar-refractivity contribution >= 4 is 34.4 Å². The van der Waals surface area contributed by atoms with E-state index in [4.69, 9.17) is 19.0 Å². The molecule has 0 amide bonds. The topological polar surface area (TPSA) is 77.6 Å². The molecule has 0 spiro atoms. The third-order valence-corrected chi connectivity index (χ3v) is 8.30. The number of H-pyrrole nitrogens is 1. The molecule has 2 N–H and O–H groups in total. The van der Waals surface area contributed by atoms with Crippen LogP contribution in [0.2, 0.25) is 0 Å². The first-order valence-electron chi connectivity index (χ1n) is 13.4. The number of hydrogen-bond donors (Lipinski definition) is 2. The molecule has 0 bridgehead atoms. The molecule has 3 aliphatic rings. The lowest BCUT2D eigenvalue weighted by Gasteiger charge is -2.32. The van der Waals surface area contributed by atoms with Gasteiger partial charge in [-0.3, -0.25) is 0 Å². The highest BCUT2D eigenvalue weighted by molar-refractivity contribution is 6.62. The Morgan fingerprint density at radius 3 is 2.45 bits per heavy atom. The second kappa shape index (κ2) is 9.38. The van der Waals surface area contributed by atoms with Crippen LogP contribution in [-0.2, 0) is 20.7 Å². The predicted molar refractivity (Wildman–Crippen MR) is 152 cm³/mol. The van der Waals surface area contributed by atoms with E-state index in [1.165, 1.54) is 17.4 Å². The van der Waals surface area contributed by atoms with E-state index in [0.717, 1.165) is 57.5 Å². The summed E-state index contributed by atoms with van der Waals surface area (Å²) < 4.78 is 23.1. The maximum atomic E-state index is 6.28. The molecule has 7 rings (SSSR count).